The first-order valence-electron chi connectivity index (χ1n) is 11.3. The minimum absolute atomic E-state index is 0.0201. The van der Waals surface area contributed by atoms with Gasteiger partial charge in [0, 0.05) is 12.5 Å². The molecule has 3 aromatic rings. The fourth-order valence-corrected chi connectivity index (χ4v) is 5.08. The summed E-state index contributed by atoms with van der Waals surface area (Å²) in [6, 6.07) is 11.5. The maximum absolute atomic E-state index is 15.0. The summed E-state index contributed by atoms with van der Waals surface area (Å²) in [5, 5.41) is 20.1. The number of benzene rings is 2. The number of aromatic nitrogens is 3. The van der Waals surface area contributed by atoms with Gasteiger partial charge in [0.25, 0.3) is 0 Å². The van der Waals surface area contributed by atoms with Crippen molar-refractivity contribution in [1.82, 2.24) is 19.7 Å². The lowest BCUT2D eigenvalue weighted by Crippen LogP contribution is -2.43. The quantitative estimate of drug-likeness (QED) is 0.530. The summed E-state index contributed by atoms with van der Waals surface area (Å²) >= 11 is 0. The van der Waals surface area contributed by atoms with Gasteiger partial charge in [-0.2, -0.15) is 0 Å². The molecule has 0 unspecified atom stereocenters. The lowest BCUT2D eigenvalue weighted by Gasteiger charge is -2.34. The van der Waals surface area contributed by atoms with Crippen LogP contribution in [0.1, 0.15) is 48.5 Å². The molecule has 2 aromatic carbocycles. The van der Waals surface area contributed by atoms with E-state index in [1.165, 1.54) is 16.8 Å². The van der Waals surface area contributed by atoms with E-state index in [1.807, 2.05) is 43.1 Å². The van der Waals surface area contributed by atoms with Gasteiger partial charge >= 0.3 is 0 Å². The SMILES string of the molecule is Cc1cccc(Cc2nc(CN(C)[C@H]3CCCC[C@@H]3O)nn2-c2ccc(S(N)(=O)=O)cc2F)c1. The zero-order chi connectivity index (χ0) is 24.5. The second kappa shape index (κ2) is 9.91. The molecule has 1 aliphatic carbocycles. The van der Waals surface area contributed by atoms with Gasteiger partial charge in [-0.15, -0.1) is 5.10 Å². The molecule has 1 fully saturated rings. The van der Waals surface area contributed by atoms with Crippen LogP contribution in [0.15, 0.2) is 47.4 Å². The molecule has 0 amide bonds. The van der Waals surface area contributed by atoms with Crippen molar-refractivity contribution in [2.75, 3.05) is 7.05 Å². The van der Waals surface area contributed by atoms with E-state index in [0.29, 0.717) is 24.6 Å². The van der Waals surface area contributed by atoms with Crippen molar-refractivity contribution in [3.8, 4) is 5.69 Å². The van der Waals surface area contributed by atoms with E-state index in [4.69, 9.17) is 10.1 Å². The van der Waals surface area contributed by atoms with Crippen molar-refractivity contribution in [3.05, 3.63) is 71.1 Å². The second-order valence-electron chi connectivity index (χ2n) is 9.01. The van der Waals surface area contributed by atoms with Crippen molar-refractivity contribution < 1.29 is 17.9 Å². The smallest absolute Gasteiger partial charge is 0.238 e. The Bertz CT molecular complexity index is 1280. The van der Waals surface area contributed by atoms with Crippen molar-refractivity contribution in [1.29, 1.82) is 0 Å². The van der Waals surface area contributed by atoms with Crippen molar-refractivity contribution in [2.24, 2.45) is 5.14 Å². The average molecular weight is 488 g/mol. The number of nitrogens with two attached hydrogens (primary N) is 1. The minimum Gasteiger partial charge on any atom is -0.391 e. The van der Waals surface area contributed by atoms with E-state index >= 15 is 4.39 Å². The fourth-order valence-electron chi connectivity index (χ4n) is 4.55. The molecule has 1 aliphatic rings. The molecule has 1 saturated carbocycles. The van der Waals surface area contributed by atoms with E-state index in [2.05, 4.69) is 5.10 Å². The molecule has 1 heterocycles. The molecule has 0 aliphatic heterocycles. The third-order valence-corrected chi connectivity index (χ3v) is 7.20. The number of hydrogen-bond donors (Lipinski definition) is 2. The zero-order valence-corrected chi connectivity index (χ0v) is 20.2. The Morgan fingerprint density at radius 3 is 2.65 bits per heavy atom. The maximum atomic E-state index is 15.0. The number of primary sulfonamides is 1. The van der Waals surface area contributed by atoms with Gasteiger partial charge < -0.3 is 5.11 Å². The fraction of sp³-hybridized carbons (Fsp3) is 0.417. The number of aliphatic hydroxyl groups is 1. The standard InChI is InChI=1S/C24H30FN5O3S/c1-16-6-5-7-17(12-16)13-24-27-23(15-29(2)21-8-3-4-9-22(21)31)28-30(24)20-11-10-18(14-19(20)25)34(26,32)33/h5-7,10-12,14,21-22,31H,3-4,8-9,13,15H2,1-2H3,(H2,26,32,33)/t21-,22-/m0/s1. The summed E-state index contributed by atoms with van der Waals surface area (Å²) in [6.45, 7) is 2.39. The van der Waals surface area contributed by atoms with E-state index in [-0.39, 0.29) is 16.6 Å². The molecule has 8 nitrogen and oxygen atoms in total. The molecule has 0 spiro atoms. The minimum atomic E-state index is -4.03. The highest BCUT2D eigenvalue weighted by molar-refractivity contribution is 7.89. The van der Waals surface area contributed by atoms with Crippen LogP contribution < -0.4 is 5.14 Å². The third kappa shape index (κ3) is 5.52. The van der Waals surface area contributed by atoms with Gasteiger partial charge in [0.1, 0.15) is 17.3 Å². The molecule has 1 aromatic heterocycles. The van der Waals surface area contributed by atoms with E-state index in [1.54, 1.807) is 0 Å². The van der Waals surface area contributed by atoms with Gasteiger partial charge in [-0.05, 0) is 50.6 Å². The van der Waals surface area contributed by atoms with Crippen LogP contribution in [0.5, 0.6) is 0 Å². The number of rotatable bonds is 7. The number of aryl methyl sites for hydroxylation is 1. The van der Waals surface area contributed by atoms with Gasteiger partial charge in [-0.3, -0.25) is 4.90 Å². The number of halogens is 1. The first-order chi connectivity index (χ1) is 16.1. The Hall–Kier alpha value is -2.66. The summed E-state index contributed by atoms with van der Waals surface area (Å²) in [5.41, 5.74) is 2.19. The summed E-state index contributed by atoms with van der Waals surface area (Å²) in [7, 11) is -2.10. The number of hydrogen-bond acceptors (Lipinski definition) is 6. The van der Waals surface area contributed by atoms with Crippen LogP contribution in [0.4, 0.5) is 4.39 Å². The lowest BCUT2D eigenvalue weighted by atomic mass is 9.91. The number of likely N-dealkylation sites (N-methyl/N-ethyl adjacent to an activating group) is 1. The second-order valence-corrected chi connectivity index (χ2v) is 10.6. The van der Waals surface area contributed by atoms with Crippen LogP contribution >= 0.6 is 0 Å². The predicted molar refractivity (Wildman–Crippen MR) is 126 cm³/mol. The van der Waals surface area contributed by atoms with Crippen molar-refractivity contribution in [3.63, 3.8) is 0 Å². The Balaban J connectivity index is 1.70. The topological polar surface area (TPSA) is 114 Å². The van der Waals surface area contributed by atoms with Crippen LogP contribution in [0.25, 0.3) is 5.69 Å². The Labute approximate surface area is 199 Å². The Morgan fingerprint density at radius 1 is 1.21 bits per heavy atom. The summed E-state index contributed by atoms with van der Waals surface area (Å²) in [4.78, 5) is 6.44. The Kier molecular flexibility index (Phi) is 7.13. The molecule has 3 N–H and O–H groups in total. The van der Waals surface area contributed by atoms with Crippen LogP contribution in [0.3, 0.4) is 0 Å². The van der Waals surface area contributed by atoms with E-state index in [0.717, 1.165) is 42.9 Å². The monoisotopic (exact) mass is 487 g/mol. The molecule has 0 bridgehead atoms. The highest BCUT2D eigenvalue weighted by Crippen LogP contribution is 2.24. The predicted octanol–water partition coefficient (Wildman–Crippen LogP) is 2.69. The largest absolute Gasteiger partial charge is 0.391 e. The van der Waals surface area contributed by atoms with Gasteiger partial charge in [-0.1, -0.05) is 42.7 Å². The summed E-state index contributed by atoms with van der Waals surface area (Å²) in [5.74, 6) is 0.267. The van der Waals surface area contributed by atoms with Crippen molar-refractivity contribution >= 4 is 10.0 Å². The normalized spacial score (nSPS) is 19.0. The summed E-state index contributed by atoms with van der Waals surface area (Å²) < 4.78 is 39.7. The Morgan fingerprint density at radius 2 is 1.97 bits per heavy atom. The number of aliphatic hydroxyl groups excluding tert-OH is 1. The van der Waals surface area contributed by atoms with E-state index in [9.17, 15) is 13.5 Å². The molecule has 0 radical (unpaired) electrons. The van der Waals surface area contributed by atoms with E-state index < -0.39 is 21.9 Å². The molecule has 182 valence electrons. The number of sulfonamides is 1. The van der Waals surface area contributed by atoms with Gasteiger partial charge in [0.15, 0.2) is 5.82 Å². The molecule has 10 heteroatoms. The highest BCUT2D eigenvalue weighted by Gasteiger charge is 2.28. The molecule has 34 heavy (non-hydrogen) atoms. The van der Waals surface area contributed by atoms with Crippen molar-refractivity contribution in [2.45, 2.75) is 62.6 Å². The number of nitrogens with zero attached hydrogens (tertiary/aromatic N) is 4. The highest BCUT2D eigenvalue weighted by atomic mass is 32.2. The molecular weight excluding hydrogens is 457 g/mol. The van der Waals surface area contributed by atoms with Crippen LogP contribution in [0, 0.1) is 12.7 Å². The molecule has 0 saturated heterocycles. The first kappa shape index (κ1) is 24.5. The van der Waals surface area contributed by atoms with Gasteiger partial charge in [0.05, 0.1) is 17.5 Å². The maximum Gasteiger partial charge on any atom is 0.238 e. The molecule has 4 rings (SSSR count). The van der Waals surface area contributed by atoms with Crippen LogP contribution in [-0.2, 0) is 23.0 Å². The first-order valence-corrected chi connectivity index (χ1v) is 12.9. The average Bonchev–Trinajstić information content (AvgIpc) is 3.14. The third-order valence-electron chi connectivity index (χ3n) is 6.29. The van der Waals surface area contributed by atoms with Crippen LogP contribution in [0.2, 0.25) is 0 Å². The lowest BCUT2D eigenvalue weighted by molar-refractivity contribution is 0.0278. The molecular formula is C24H30FN5O3S. The van der Waals surface area contributed by atoms with Gasteiger partial charge in [-0.25, -0.2) is 27.6 Å². The van der Waals surface area contributed by atoms with Gasteiger partial charge in [0.2, 0.25) is 10.0 Å². The zero-order valence-electron chi connectivity index (χ0n) is 19.4. The van der Waals surface area contributed by atoms with Crippen LogP contribution in [-0.4, -0.2) is 52.4 Å². The molecule has 2 atom stereocenters. The summed E-state index contributed by atoms with van der Waals surface area (Å²) in [6.07, 6.45) is 3.78.